The summed E-state index contributed by atoms with van der Waals surface area (Å²) < 4.78 is 42.4. The number of carbonyl (C=O) groups is 1. The molecule has 0 aliphatic carbocycles. The summed E-state index contributed by atoms with van der Waals surface area (Å²) >= 11 is 6.03. The van der Waals surface area contributed by atoms with Gasteiger partial charge in [-0.25, -0.2) is 4.98 Å². The van der Waals surface area contributed by atoms with Gasteiger partial charge in [0.1, 0.15) is 11.9 Å². The highest BCUT2D eigenvalue weighted by Crippen LogP contribution is 2.40. The monoisotopic (exact) mass is 448 g/mol. The Morgan fingerprint density at radius 2 is 2.03 bits per heavy atom. The standard InChI is InChI=1S/C21H16ClF3N4O2/c1-11-10-27-20-16(5-6-18(30)31)28-19(15-4-2-3-7-26-15)12-8-14(22)13(21(23,24)25)9-17(12)29(11)20/h2-4,7-10,16H,5-6H2,1H3,(H,30,31)/t16-/m0/s1. The lowest BCUT2D eigenvalue weighted by Gasteiger charge is -2.17. The molecule has 160 valence electrons. The molecule has 0 saturated heterocycles. The van der Waals surface area contributed by atoms with Crippen LogP contribution in [0.3, 0.4) is 0 Å². The first-order valence-electron chi connectivity index (χ1n) is 9.33. The van der Waals surface area contributed by atoms with Gasteiger partial charge in [-0.05, 0) is 37.6 Å². The zero-order chi connectivity index (χ0) is 22.3. The van der Waals surface area contributed by atoms with Crippen molar-refractivity contribution in [2.45, 2.75) is 32.0 Å². The molecule has 1 aliphatic rings. The summed E-state index contributed by atoms with van der Waals surface area (Å²) in [4.78, 5) is 24.5. The van der Waals surface area contributed by atoms with Crippen molar-refractivity contribution < 1.29 is 23.1 Å². The summed E-state index contributed by atoms with van der Waals surface area (Å²) in [6.45, 7) is 1.71. The smallest absolute Gasteiger partial charge is 0.417 e. The van der Waals surface area contributed by atoms with E-state index in [0.717, 1.165) is 6.07 Å². The molecular weight excluding hydrogens is 433 g/mol. The van der Waals surface area contributed by atoms with Crippen molar-refractivity contribution in [3.05, 3.63) is 76.1 Å². The first-order valence-corrected chi connectivity index (χ1v) is 9.71. The fourth-order valence-electron chi connectivity index (χ4n) is 3.60. The lowest BCUT2D eigenvalue weighted by atomic mass is 10.0. The van der Waals surface area contributed by atoms with Crippen molar-refractivity contribution in [1.29, 1.82) is 0 Å². The molecule has 0 unspecified atom stereocenters. The highest BCUT2D eigenvalue weighted by molar-refractivity contribution is 6.32. The highest BCUT2D eigenvalue weighted by atomic mass is 35.5. The van der Waals surface area contributed by atoms with E-state index < -0.39 is 28.8 Å². The third-order valence-corrected chi connectivity index (χ3v) is 5.29. The molecule has 1 N–H and O–H groups in total. The van der Waals surface area contributed by atoms with Crippen LogP contribution in [0.4, 0.5) is 13.2 Å². The van der Waals surface area contributed by atoms with Crippen LogP contribution in [-0.4, -0.2) is 31.3 Å². The minimum Gasteiger partial charge on any atom is -0.481 e. The maximum absolute atomic E-state index is 13.6. The van der Waals surface area contributed by atoms with Crippen molar-refractivity contribution >= 4 is 23.3 Å². The number of pyridine rings is 1. The van der Waals surface area contributed by atoms with E-state index in [2.05, 4.69) is 9.97 Å². The number of carboxylic acids is 1. The normalized spacial score (nSPS) is 15.6. The second kappa shape index (κ2) is 7.81. The highest BCUT2D eigenvalue weighted by Gasteiger charge is 2.36. The van der Waals surface area contributed by atoms with Gasteiger partial charge in [-0.1, -0.05) is 17.7 Å². The Bertz CT molecular complexity index is 1190. The third-order valence-electron chi connectivity index (χ3n) is 4.97. The van der Waals surface area contributed by atoms with Crippen molar-refractivity contribution in [2.75, 3.05) is 0 Å². The summed E-state index contributed by atoms with van der Waals surface area (Å²) in [7, 11) is 0. The number of aromatic nitrogens is 3. The van der Waals surface area contributed by atoms with Gasteiger partial charge in [0.05, 0.1) is 27.7 Å². The van der Waals surface area contributed by atoms with Crippen molar-refractivity contribution in [3.63, 3.8) is 0 Å². The Kier molecular flexibility index (Phi) is 5.30. The van der Waals surface area contributed by atoms with E-state index in [9.17, 15) is 18.0 Å². The average molecular weight is 449 g/mol. The SMILES string of the molecule is Cc1cnc2n1-c1cc(C(F)(F)F)c(Cl)cc1C(c1ccccn1)=N[C@H]2CCC(=O)O. The number of aryl methyl sites for hydroxylation is 1. The minimum atomic E-state index is -4.65. The number of hydrogen-bond donors (Lipinski definition) is 1. The van der Waals surface area contributed by atoms with Crippen LogP contribution >= 0.6 is 11.6 Å². The molecule has 1 atom stereocenters. The third kappa shape index (κ3) is 3.93. The molecular formula is C21H16ClF3N4O2. The van der Waals surface area contributed by atoms with Crippen LogP contribution in [0.5, 0.6) is 0 Å². The van der Waals surface area contributed by atoms with Gasteiger partial charge in [0, 0.05) is 30.1 Å². The lowest BCUT2D eigenvalue weighted by Crippen LogP contribution is -2.13. The van der Waals surface area contributed by atoms with Crippen LogP contribution in [0.1, 0.15) is 47.2 Å². The van der Waals surface area contributed by atoms with Gasteiger partial charge in [0.25, 0.3) is 0 Å². The molecule has 0 fully saturated rings. The molecule has 0 saturated carbocycles. The molecule has 1 aliphatic heterocycles. The molecule has 10 heteroatoms. The molecule has 0 spiro atoms. The van der Waals surface area contributed by atoms with Crippen LogP contribution < -0.4 is 0 Å². The van der Waals surface area contributed by atoms with Crippen molar-refractivity contribution in [3.8, 4) is 5.69 Å². The van der Waals surface area contributed by atoms with Crippen molar-refractivity contribution in [2.24, 2.45) is 4.99 Å². The van der Waals surface area contributed by atoms with Crippen LogP contribution in [-0.2, 0) is 11.0 Å². The molecule has 3 aromatic rings. The van der Waals surface area contributed by atoms with Crippen LogP contribution in [0.15, 0.2) is 47.7 Å². The first-order chi connectivity index (χ1) is 14.7. The number of nitrogens with zero attached hydrogens (tertiary/aromatic N) is 4. The van der Waals surface area contributed by atoms with Gasteiger partial charge in [-0.2, -0.15) is 13.2 Å². The predicted molar refractivity (Wildman–Crippen MR) is 108 cm³/mol. The van der Waals surface area contributed by atoms with Crippen LogP contribution in [0.2, 0.25) is 5.02 Å². The predicted octanol–water partition coefficient (Wildman–Crippen LogP) is 5.00. The Morgan fingerprint density at radius 1 is 1.26 bits per heavy atom. The Morgan fingerprint density at radius 3 is 2.68 bits per heavy atom. The number of rotatable bonds is 4. The fraction of sp³-hybridized carbons (Fsp3) is 0.238. The van der Waals surface area contributed by atoms with Gasteiger partial charge in [-0.15, -0.1) is 0 Å². The molecule has 0 amide bonds. The van der Waals surface area contributed by atoms with E-state index in [1.54, 1.807) is 35.9 Å². The molecule has 1 aromatic carbocycles. The number of carboxylic acid groups (broad SMARTS) is 1. The minimum absolute atomic E-state index is 0.121. The molecule has 6 nitrogen and oxygen atoms in total. The van der Waals surface area contributed by atoms with E-state index >= 15 is 0 Å². The summed E-state index contributed by atoms with van der Waals surface area (Å²) in [5, 5.41) is 8.70. The molecule has 0 bridgehead atoms. The first kappa shape index (κ1) is 21.0. The summed E-state index contributed by atoms with van der Waals surface area (Å²) in [6, 6.07) is 6.64. The number of hydrogen-bond acceptors (Lipinski definition) is 4. The Labute approximate surface area is 180 Å². The Hall–Kier alpha value is -3.20. The van der Waals surface area contributed by atoms with E-state index in [0.29, 0.717) is 28.5 Å². The largest absolute Gasteiger partial charge is 0.481 e. The van der Waals surface area contributed by atoms with Gasteiger partial charge in [0.15, 0.2) is 0 Å². The van der Waals surface area contributed by atoms with Gasteiger partial charge in [0.2, 0.25) is 0 Å². The van der Waals surface area contributed by atoms with Gasteiger partial charge < -0.3 is 5.11 Å². The topological polar surface area (TPSA) is 80.4 Å². The van der Waals surface area contributed by atoms with E-state index in [-0.39, 0.29) is 18.5 Å². The molecule has 3 heterocycles. The number of fused-ring (bicyclic) bond motifs is 3. The summed E-state index contributed by atoms with van der Waals surface area (Å²) in [6.07, 6.45) is -1.64. The second-order valence-electron chi connectivity index (χ2n) is 7.08. The van der Waals surface area contributed by atoms with E-state index in [1.807, 2.05) is 0 Å². The summed E-state index contributed by atoms with van der Waals surface area (Å²) in [5.74, 6) is -0.644. The fourth-order valence-corrected chi connectivity index (χ4v) is 3.87. The number of aliphatic carboxylic acids is 1. The molecule has 31 heavy (non-hydrogen) atoms. The van der Waals surface area contributed by atoms with Crippen LogP contribution in [0.25, 0.3) is 5.69 Å². The van der Waals surface area contributed by atoms with E-state index in [1.165, 1.54) is 12.3 Å². The quantitative estimate of drug-likeness (QED) is 0.608. The zero-order valence-corrected chi connectivity index (χ0v) is 16.9. The van der Waals surface area contributed by atoms with Crippen LogP contribution in [0, 0.1) is 6.92 Å². The molecule has 4 rings (SSSR count). The number of imidazole rings is 1. The van der Waals surface area contributed by atoms with Crippen molar-refractivity contribution in [1.82, 2.24) is 14.5 Å². The van der Waals surface area contributed by atoms with Gasteiger partial charge in [-0.3, -0.25) is 19.3 Å². The summed E-state index contributed by atoms with van der Waals surface area (Å²) in [5.41, 5.74) is 0.941. The number of benzene rings is 1. The number of halogens is 4. The molecule has 0 radical (unpaired) electrons. The number of aliphatic imine (C=N–C) groups is 1. The Balaban J connectivity index is 2.03. The van der Waals surface area contributed by atoms with E-state index in [4.69, 9.17) is 21.7 Å². The maximum atomic E-state index is 13.6. The lowest BCUT2D eigenvalue weighted by molar-refractivity contribution is -0.138. The number of alkyl halides is 3. The molecule has 2 aromatic heterocycles. The zero-order valence-electron chi connectivity index (χ0n) is 16.2. The second-order valence-corrected chi connectivity index (χ2v) is 7.49. The van der Waals surface area contributed by atoms with Gasteiger partial charge >= 0.3 is 12.1 Å². The maximum Gasteiger partial charge on any atom is 0.417 e. The average Bonchev–Trinajstić information content (AvgIpc) is 3.02.